The minimum Gasteiger partial charge on any atom is -0.479 e. The van der Waals surface area contributed by atoms with Gasteiger partial charge in [0.05, 0.1) is 22.7 Å². The van der Waals surface area contributed by atoms with Crippen molar-refractivity contribution in [1.82, 2.24) is 14.9 Å². The molecule has 184 valence electrons. The summed E-state index contributed by atoms with van der Waals surface area (Å²) in [6.07, 6.45) is 3.24. The highest BCUT2D eigenvalue weighted by Crippen LogP contribution is 2.34. The zero-order chi connectivity index (χ0) is 25.3. The van der Waals surface area contributed by atoms with Gasteiger partial charge < -0.3 is 30.7 Å². The van der Waals surface area contributed by atoms with Crippen LogP contribution in [0.15, 0.2) is 52.9 Å². The molecule has 1 amide bonds. The Bertz CT molecular complexity index is 1280. The van der Waals surface area contributed by atoms with E-state index in [1.165, 1.54) is 19.1 Å². The number of piperazine rings is 1. The third kappa shape index (κ3) is 5.00. The van der Waals surface area contributed by atoms with Crippen LogP contribution in [0.1, 0.15) is 12.7 Å². The minimum absolute atomic E-state index is 0.134. The Kier molecular flexibility index (Phi) is 6.81. The Hall–Kier alpha value is -3.83. The number of nitrogens with zero attached hydrogens (tertiary/aromatic N) is 4. The first-order valence-electron chi connectivity index (χ1n) is 11.2. The van der Waals surface area contributed by atoms with E-state index in [0.717, 1.165) is 42.9 Å². The van der Waals surface area contributed by atoms with Gasteiger partial charge in [-0.2, -0.15) is 0 Å². The smallest absolute Gasteiger partial charge is 0.332 e. The fraction of sp³-hybridized carbons (Fsp3) is 0.333. The lowest BCUT2D eigenvalue weighted by Crippen LogP contribution is -2.44. The summed E-state index contributed by atoms with van der Waals surface area (Å²) in [5, 5.41) is 15.8. The summed E-state index contributed by atoms with van der Waals surface area (Å²) in [4.78, 5) is 38.4. The Morgan fingerprint density at radius 3 is 2.63 bits per heavy atom. The van der Waals surface area contributed by atoms with Crippen LogP contribution >= 0.6 is 0 Å². The molecule has 3 heterocycles. The SMILES string of the molecule is CC(O)C(=O)O.CN1CCN(c2ccc3nc(C4=C(N)C5C(F)=CC=CC5=NC4=O)[nH]c3c2)CC1. The number of carboxylic acids is 1. The van der Waals surface area contributed by atoms with E-state index in [1.54, 1.807) is 6.08 Å². The molecular formula is C24H27FN6O4. The number of dihydropyridines is 1. The Labute approximate surface area is 200 Å². The summed E-state index contributed by atoms with van der Waals surface area (Å²) in [6.45, 7) is 5.14. The number of nitrogens with one attached hydrogen (secondary N) is 1. The van der Waals surface area contributed by atoms with E-state index in [-0.39, 0.29) is 11.3 Å². The van der Waals surface area contributed by atoms with Crippen molar-refractivity contribution in [3.63, 3.8) is 0 Å². The number of hydrogen-bond donors (Lipinski definition) is 4. The number of aliphatic imine (C=N–C) groups is 1. The Morgan fingerprint density at radius 2 is 1.97 bits per heavy atom. The Morgan fingerprint density at radius 1 is 1.29 bits per heavy atom. The number of benzene rings is 1. The molecule has 10 nitrogen and oxygen atoms in total. The topological polar surface area (TPSA) is 148 Å². The number of anilines is 1. The fourth-order valence-corrected chi connectivity index (χ4v) is 4.04. The number of aromatic amines is 1. The lowest BCUT2D eigenvalue weighted by molar-refractivity contribution is -0.145. The van der Waals surface area contributed by atoms with Crippen LogP contribution in [0.5, 0.6) is 0 Å². The number of amides is 1. The molecule has 0 radical (unpaired) electrons. The number of carbonyl (C=O) groups is 2. The predicted octanol–water partition coefficient (Wildman–Crippen LogP) is 1.46. The van der Waals surface area contributed by atoms with Gasteiger partial charge in [0.2, 0.25) is 0 Å². The molecular weight excluding hydrogens is 455 g/mol. The predicted molar refractivity (Wildman–Crippen MR) is 130 cm³/mol. The first kappa shape index (κ1) is 24.3. The number of fused-ring (bicyclic) bond motifs is 2. The van der Waals surface area contributed by atoms with Gasteiger partial charge in [0, 0.05) is 37.6 Å². The van der Waals surface area contributed by atoms with Gasteiger partial charge in [-0.05, 0) is 44.3 Å². The van der Waals surface area contributed by atoms with E-state index in [2.05, 4.69) is 31.8 Å². The van der Waals surface area contributed by atoms with Crippen LogP contribution in [-0.4, -0.2) is 82.0 Å². The van der Waals surface area contributed by atoms with Crippen molar-refractivity contribution in [2.75, 3.05) is 38.1 Å². The molecule has 0 bridgehead atoms. The van der Waals surface area contributed by atoms with Gasteiger partial charge in [0.1, 0.15) is 23.3 Å². The van der Waals surface area contributed by atoms with Gasteiger partial charge in [-0.3, -0.25) is 4.79 Å². The third-order valence-electron chi connectivity index (χ3n) is 6.07. The van der Waals surface area contributed by atoms with Crippen molar-refractivity contribution >= 4 is 39.9 Å². The maximum absolute atomic E-state index is 14.3. The number of carboxylic acid groups (broad SMARTS) is 1. The number of aliphatic hydroxyl groups excluding tert-OH is 1. The van der Waals surface area contributed by atoms with Gasteiger partial charge in [0.25, 0.3) is 5.91 Å². The molecule has 2 aliphatic heterocycles. The molecule has 1 aliphatic carbocycles. The average Bonchev–Trinajstić information content (AvgIpc) is 3.22. The highest BCUT2D eigenvalue weighted by atomic mass is 19.1. The number of halogens is 1. The van der Waals surface area contributed by atoms with Gasteiger partial charge in [0.15, 0.2) is 0 Å². The van der Waals surface area contributed by atoms with Crippen LogP contribution in [0.25, 0.3) is 16.6 Å². The maximum atomic E-state index is 14.3. The van der Waals surface area contributed by atoms with Crippen molar-refractivity contribution in [2.24, 2.45) is 16.6 Å². The number of imidazole rings is 1. The van der Waals surface area contributed by atoms with Crippen molar-refractivity contribution in [2.45, 2.75) is 13.0 Å². The maximum Gasteiger partial charge on any atom is 0.332 e. The van der Waals surface area contributed by atoms with Gasteiger partial charge in [-0.15, -0.1) is 0 Å². The normalized spacial score (nSPS) is 21.2. The fourth-order valence-electron chi connectivity index (χ4n) is 4.04. The molecule has 3 aliphatic rings. The van der Waals surface area contributed by atoms with Crippen LogP contribution in [0, 0.1) is 5.92 Å². The van der Waals surface area contributed by atoms with E-state index in [4.69, 9.17) is 15.9 Å². The number of allylic oxidation sites excluding steroid dienone is 4. The summed E-state index contributed by atoms with van der Waals surface area (Å²) in [5.74, 6) is -2.63. The van der Waals surface area contributed by atoms with E-state index in [1.807, 2.05) is 18.2 Å². The molecule has 1 saturated heterocycles. The second-order valence-electron chi connectivity index (χ2n) is 8.61. The highest BCUT2D eigenvalue weighted by Gasteiger charge is 2.35. The van der Waals surface area contributed by atoms with Gasteiger partial charge >= 0.3 is 5.97 Å². The molecule has 2 unspecified atom stereocenters. The van der Waals surface area contributed by atoms with Crippen molar-refractivity contribution in [1.29, 1.82) is 0 Å². The minimum atomic E-state index is -1.23. The van der Waals surface area contributed by atoms with E-state index in [9.17, 15) is 14.0 Å². The molecule has 5 N–H and O–H groups in total. The summed E-state index contributed by atoms with van der Waals surface area (Å²) >= 11 is 0. The number of aliphatic carboxylic acids is 1. The summed E-state index contributed by atoms with van der Waals surface area (Å²) < 4.78 is 14.3. The van der Waals surface area contributed by atoms with Crippen LogP contribution in [-0.2, 0) is 9.59 Å². The number of likely N-dealkylation sites (N-methyl/N-ethyl adjacent to an activating group) is 1. The zero-order valence-electron chi connectivity index (χ0n) is 19.4. The zero-order valence-corrected chi connectivity index (χ0v) is 19.4. The number of hydrogen-bond acceptors (Lipinski definition) is 7. The molecule has 35 heavy (non-hydrogen) atoms. The van der Waals surface area contributed by atoms with Crippen molar-refractivity contribution in [3.05, 3.63) is 53.8 Å². The second kappa shape index (κ2) is 9.80. The molecule has 2 atom stereocenters. The summed E-state index contributed by atoms with van der Waals surface area (Å²) in [6, 6.07) is 5.98. The standard InChI is InChI=1S/C21H21FN6O.C3H6O3/c1-27-7-9-28(10-8-27)12-5-6-14-16(11-12)25-20(24-14)18-19(23)17-13(22)3-2-4-15(17)26-21(18)29;1-2(4)3(5)6/h2-6,11,17H,7-10,23H2,1H3,(H,24,25);2,4H,1H3,(H,5,6). The molecule has 0 saturated carbocycles. The highest BCUT2D eigenvalue weighted by molar-refractivity contribution is 6.28. The average molecular weight is 483 g/mol. The monoisotopic (exact) mass is 482 g/mol. The Balaban J connectivity index is 0.000000431. The third-order valence-corrected chi connectivity index (χ3v) is 6.07. The lowest BCUT2D eigenvalue weighted by atomic mass is 9.88. The van der Waals surface area contributed by atoms with Crippen LogP contribution in [0.3, 0.4) is 0 Å². The number of rotatable bonds is 3. The quantitative estimate of drug-likeness (QED) is 0.514. The lowest BCUT2D eigenvalue weighted by Gasteiger charge is -2.34. The number of nitrogens with two attached hydrogens (primary N) is 1. The first-order valence-corrected chi connectivity index (χ1v) is 11.2. The molecule has 2 aromatic rings. The number of H-pyrrole nitrogens is 1. The second-order valence-corrected chi connectivity index (χ2v) is 8.61. The van der Waals surface area contributed by atoms with Crippen molar-refractivity contribution < 1.29 is 24.2 Å². The van der Waals surface area contributed by atoms with Gasteiger partial charge in [-0.1, -0.05) is 6.08 Å². The van der Waals surface area contributed by atoms with E-state index < -0.39 is 29.7 Å². The number of carbonyl (C=O) groups excluding carboxylic acids is 1. The molecule has 1 aromatic heterocycles. The summed E-state index contributed by atoms with van der Waals surface area (Å²) in [7, 11) is 2.12. The molecule has 1 aromatic carbocycles. The first-order chi connectivity index (χ1) is 16.7. The number of aliphatic hydroxyl groups is 1. The largest absolute Gasteiger partial charge is 0.479 e. The molecule has 1 fully saturated rings. The molecule has 11 heteroatoms. The van der Waals surface area contributed by atoms with Gasteiger partial charge in [-0.25, -0.2) is 19.2 Å². The van der Waals surface area contributed by atoms with E-state index in [0.29, 0.717) is 11.5 Å². The summed E-state index contributed by atoms with van der Waals surface area (Å²) in [5.41, 5.74) is 9.44. The van der Waals surface area contributed by atoms with Crippen LogP contribution in [0.4, 0.5) is 10.1 Å². The van der Waals surface area contributed by atoms with Crippen LogP contribution in [0.2, 0.25) is 0 Å². The number of aromatic nitrogens is 2. The van der Waals surface area contributed by atoms with E-state index >= 15 is 0 Å². The van der Waals surface area contributed by atoms with Crippen LogP contribution < -0.4 is 10.6 Å². The molecule has 5 rings (SSSR count). The molecule has 0 spiro atoms. The van der Waals surface area contributed by atoms with Crippen molar-refractivity contribution in [3.8, 4) is 0 Å².